The summed E-state index contributed by atoms with van der Waals surface area (Å²) in [6, 6.07) is 9.88. The average Bonchev–Trinajstić information content (AvgIpc) is 2.71. The van der Waals surface area contributed by atoms with Crippen molar-refractivity contribution >= 4 is 44.8 Å². The highest BCUT2D eigenvalue weighted by Gasteiger charge is 2.31. The quantitative estimate of drug-likeness (QED) is 0.561. The second kappa shape index (κ2) is 10.5. The number of sulfonamides is 1. The average molecular weight is 471 g/mol. The monoisotopic (exact) mass is 470 g/mol. The standard InChI is InChI=1S/C22H28Cl2N2O3S/c1-5-15-8-9-16(6-2)17(12-15)14-25-22(27)21(7-3)26(30(4,28)29)18-10-11-19(23)20(24)13-18/h8-13,21H,5-7,14H2,1-4H3,(H,25,27). The molecule has 0 saturated carbocycles. The molecule has 0 aliphatic heterocycles. The summed E-state index contributed by atoms with van der Waals surface area (Å²) in [7, 11) is -3.74. The molecule has 2 rings (SSSR count). The topological polar surface area (TPSA) is 66.5 Å². The predicted octanol–water partition coefficient (Wildman–Crippen LogP) is 4.98. The van der Waals surface area contributed by atoms with E-state index in [2.05, 4.69) is 37.4 Å². The van der Waals surface area contributed by atoms with Gasteiger partial charge < -0.3 is 5.32 Å². The first-order valence-corrected chi connectivity index (χ1v) is 12.6. The molecule has 2 aromatic rings. The highest BCUT2D eigenvalue weighted by atomic mass is 35.5. The molecule has 30 heavy (non-hydrogen) atoms. The SMILES string of the molecule is CCc1ccc(CC)c(CNC(=O)C(CC)N(c2ccc(Cl)c(Cl)c2)S(C)(=O)=O)c1. The van der Waals surface area contributed by atoms with Crippen LogP contribution >= 0.6 is 23.2 Å². The molecule has 0 fully saturated rings. The first-order valence-electron chi connectivity index (χ1n) is 9.95. The molecule has 1 N–H and O–H groups in total. The lowest BCUT2D eigenvalue weighted by Crippen LogP contribution is -2.49. The predicted molar refractivity (Wildman–Crippen MR) is 125 cm³/mol. The second-order valence-electron chi connectivity index (χ2n) is 7.11. The van der Waals surface area contributed by atoms with Crippen LogP contribution in [0.3, 0.4) is 0 Å². The highest BCUT2D eigenvalue weighted by molar-refractivity contribution is 7.92. The number of halogens is 2. The van der Waals surface area contributed by atoms with E-state index in [9.17, 15) is 13.2 Å². The minimum atomic E-state index is -3.74. The first kappa shape index (κ1) is 24.5. The van der Waals surface area contributed by atoms with E-state index in [0.717, 1.165) is 34.5 Å². The number of amides is 1. The zero-order chi connectivity index (χ0) is 22.5. The molecule has 164 valence electrons. The Labute approximate surface area is 189 Å². The molecule has 0 radical (unpaired) electrons. The van der Waals surface area contributed by atoms with Crippen molar-refractivity contribution in [1.29, 1.82) is 0 Å². The number of carbonyl (C=O) groups is 1. The maximum absolute atomic E-state index is 13.0. The van der Waals surface area contributed by atoms with Gasteiger partial charge in [-0.15, -0.1) is 0 Å². The van der Waals surface area contributed by atoms with Gasteiger partial charge in [0.1, 0.15) is 6.04 Å². The number of nitrogens with one attached hydrogen (secondary N) is 1. The Balaban J connectivity index is 2.31. The van der Waals surface area contributed by atoms with Gasteiger partial charge in [-0.25, -0.2) is 8.42 Å². The largest absolute Gasteiger partial charge is 0.350 e. The fourth-order valence-electron chi connectivity index (χ4n) is 3.39. The number of rotatable bonds is 9. The Kier molecular flexibility index (Phi) is 8.59. The third-order valence-electron chi connectivity index (χ3n) is 5.00. The summed E-state index contributed by atoms with van der Waals surface area (Å²) in [5, 5.41) is 3.46. The van der Waals surface area contributed by atoms with E-state index in [0.29, 0.717) is 23.7 Å². The van der Waals surface area contributed by atoms with Gasteiger partial charge in [0.2, 0.25) is 15.9 Å². The molecular formula is C22H28Cl2N2O3S. The Morgan fingerprint density at radius 1 is 1.00 bits per heavy atom. The van der Waals surface area contributed by atoms with Crippen molar-refractivity contribution in [2.45, 2.75) is 52.6 Å². The molecule has 0 aliphatic rings. The molecule has 1 amide bonds. The molecule has 5 nitrogen and oxygen atoms in total. The molecule has 2 aromatic carbocycles. The Morgan fingerprint density at radius 2 is 1.70 bits per heavy atom. The molecule has 0 heterocycles. The van der Waals surface area contributed by atoms with Gasteiger partial charge >= 0.3 is 0 Å². The van der Waals surface area contributed by atoms with Crippen LogP contribution in [0.25, 0.3) is 0 Å². The van der Waals surface area contributed by atoms with Crippen LogP contribution in [-0.4, -0.2) is 26.6 Å². The van der Waals surface area contributed by atoms with Crippen LogP contribution in [0.5, 0.6) is 0 Å². The number of hydrogen-bond acceptors (Lipinski definition) is 3. The number of nitrogens with zero attached hydrogens (tertiary/aromatic N) is 1. The summed E-state index contributed by atoms with van der Waals surface area (Å²) in [6.07, 6.45) is 3.13. The number of aryl methyl sites for hydroxylation is 2. The smallest absolute Gasteiger partial charge is 0.244 e. The van der Waals surface area contributed by atoms with Crippen LogP contribution in [0.2, 0.25) is 10.0 Å². The Bertz CT molecular complexity index is 1010. The van der Waals surface area contributed by atoms with Crippen molar-refractivity contribution in [3.05, 3.63) is 63.1 Å². The summed E-state index contributed by atoms with van der Waals surface area (Å²) in [5.74, 6) is -0.363. The molecular weight excluding hydrogens is 443 g/mol. The number of hydrogen-bond donors (Lipinski definition) is 1. The lowest BCUT2D eigenvalue weighted by atomic mass is 10.0. The van der Waals surface area contributed by atoms with Crippen molar-refractivity contribution < 1.29 is 13.2 Å². The van der Waals surface area contributed by atoms with E-state index < -0.39 is 16.1 Å². The van der Waals surface area contributed by atoms with E-state index in [-0.39, 0.29) is 10.9 Å². The lowest BCUT2D eigenvalue weighted by molar-refractivity contribution is -0.122. The second-order valence-corrected chi connectivity index (χ2v) is 9.78. The third-order valence-corrected chi connectivity index (χ3v) is 6.92. The Morgan fingerprint density at radius 3 is 2.23 bits per heavy atom. The summed E-state index contributed by atoms with van der Waals surface area (Å²) in [5.41, 5.74) is 3.69. The van der Waals surface area contributed by atoms with Crippen molar-refractivity contribution in [2.75, 3.05) is 10.6 Å². The minimum Gasteiger partial charge on any atom is -0.350 e. The lowest BCUT2D eigenvalue weighted by Gasteiger charge is -2.30. The van der Waals surface area contributed by atoms with E-state index in [1.807, 2.05) is 0 Å². The number of benzene rings is 2. The van der Waals surface area contributed by atoms with Crippen LogP contribution in [0.15, 0.2) is 36.4 Å². The zero-order valence-electron chi connectivity index (χ0n) is 17.7. The van der Waals surface area contributed by atoms with Crippen LogP contribution in [0.1, 0.15) is 43.9 Å². The van der Waals surface area contributed by atoms with Gasteiger partial charge in [-0.05, 0) is 54.2 Å². The maximum Gasteiger partial charge on any atom is 0.244 e. The van der Waals surface area contributed by atoms with Gasteiger partial charge in [-0.1, -0.05) is 62.2 Å². The maximum atomic E-state index is 13.0. The minimum absolute atomic E-state index is 0.224. The molecule has 8 heteroatoms. The van der Waals surface area contributed by atoms with Crippen molar-refractivity contribution in [3.8, 4) is 0 Å². The van der Waals surface area contributed by atoms with Crippen molar-refractivity contribution in [2.24, 2.45) is 0 Å². The van der Waals surface area contributed by atoms with Crippen LogP contribution in [0, 0.1) is 0 Å². The van der Waals surface area contributed by atoms with Crippen molar-refractivity contribution in [1.82, 2.24) is 5.32 Å². The van der Waals surface area contributed by atoms with Gasteiger partial charge in [0, 0.05) is 6.54 Å². The number of carbonyl (C=O) groups excluding carboxylic acids is 1. The molecule has 0 aromatic heterocycles. The van der Waals surface area contributed by atoms with Gasteiger partial charge in [-0.3, -0.25) is 9.10 Å². The van der Waals surface area contributed by atoms with Gasteiger partial charge in [0.15, 0.2) is 0 Å². The van der Waals surface area contributed by atoms with Crippen LogP contribution in [0.4, 0.5) is 5.69 Å². The van der Waals surface area contributed by atoms with Gasteiger partial charge in [0.25, 0.3) is 0 Å². The zero-order valence-corrected chi connectivity index (χ0v) is 20.0. The molecule has 1 unspecified atom stereocenters. The fourth-order valence-corrected chi connectivity index (χ4v) is 4.89. The summed E-state index contributed by atoms with van der Waals surface area (Å²) in [4.78, 5) is 13.0. The van der Waals surface area contributed by atoms with E-state index in [4.69, 9.17) is 23.2 Å². The number of anilines is 1. The van der Waals surface area contributed by atoms with Gasteiger partial charge in [0.05, 0.1) is 22.0 Å². The van der Waals surface area contributed by atoms with E-state index >= 15 is 0 Å². The van der Waals surface area contributed by atoms with E-state index in [1.54, 1.807) is 13.0 Å². The van der Waals surface area contributed by atoms with Gasteiger partial charge in [-0.2, -0.15) is 0 Å². The van der Waals surface area contributed by atoms with Crippen molar-refractivity contribution in [3.63, 3.8) is 0 Å². The summed E-state index contributed by atoms with van der Waals surface area (Å²) < 4.78 is 26.2. The van der Waals surface area contributed by atoms with Crippen LogP contribution in [-0.2, 0) is 34.2 Å². The van der Waals surface area contributed by atoms with E-state index in [1.165, 1.54) is 17.7 Å². The molecule has 0 aliphatic carbocycles. The summed E-state index contributed by atoms with van der Waals surface area (Å²) >= 11 is 12.1. The molecule has 0 bridgehead atoms. The molecule has 0 saturated heterocycles. The summed E-state index contributed by atoms with van der Waals surface area (Å²) in [6.45, 7) is 6.26. The normalized spacial score (nSPS) is 12.5. The fraction of sp³-hybridized carbons (Fsp3) is 0.409. The highest BCUT2D eigenvalue weighted by Crippen LogP contribution is 2.30. The molecule has 1 atom stereocenters. The molecule has 0 spiro atoms. The Hall–Kier alpha value is -1.76. The third kappa shape index (κ3) is 5.90. The van der Waals surface area contributed by atoms with Crippen LogP contribution < -0.4 is 9.62 Å². The first-order chi connectivity index (χ1) is 14.1.